The van der Waals surface area contributed by atoms with Crippen LogP contribution in [0.3, 0.4) is 0 Å². The summed E-state index contributed by atoms with van der Waals surface area (Å²) < 4.78 is 0. The van der Waals surface area contributed by atoms with Crippen molar-refractivity contribution in [3.05, 3.63) is 78.7 Å². The Kier molecular flexibility index (Phi) is 5.52. The fraction of sp³-hybridized carbons (Fsp3) is 0.250. The van der Waals surface area contributed by atoms with Crippen LogP contribution in [0.4, 0.5) is 5.69 Å². The summed E-state index contributed by atoms with van der Waals surface area (Å²) in [6.45, 7) is 2.61. The van der Waals surface area contributed by atoms with Crippen LogP contribution in [0.2, 0.25) is 0 Å². The standard InChI is InChI=1S/C20H18N2O3S3/c1-13(28-15-6-4-14(5-7-15)22(24)25)20(23)21-10-8-17-16(9-12-27-17)19(21)18-3-2-11-26-18/h2-7,9,11-13,19H,8,10H2,1H3. The van der Waals surface area contributed by atoms with Gasteiger partial charge in [-0.1, -0.05) is 6.07 Å². The van der Waals surface area contributed by atoms with Gasteiger partial charge in [-0.05, 0) is 53.9 Å². The average Bonchev–Trinajstić information content (AvgIpc) is 3.38. The van der Waals surface area contributed by atoms with E-state index in [0.717, 1.165) is 11.3 Å². The van der Waals surface area contributed by atoms with Gasteiger partial charge in [-0.3, -0.25) is 14.9 Å². The molecule has 2 atom stereocenters. The van der Waals surface area contributed by atoms with E-state index in [1.54, 1.807) is 34.8 Å². The molecule has 0 saturated heterocycles. The van der Waals surface area contributed by atoms with Crippen molar-refractivity contribution in [1.82, 2.24) is 4.90 Å². The van der Waals surface area contributed by atoms with E-state index >= 15 is 0 Å². The number of thiophene rings is 2. The first kappa shape index (κ1) is 19.2. The number of carbonyl (C=O) groups excluding carboxylic acids is 1. The van der Waals surface area contributed by atoms with Gasteiger partial charge in [0.2, 0.25) is 5.91 Å². The number of carbonyl (C=O) groups is 1. The van der Waals surface area contributed by atoms with E-state index in [4.69, 9.17) is 0 Å². The van der Waals surface area contributed by atoms with Crippen molar-refractivity contribution in [3.8, 4) is 0 Å². The van der Waals surface area contributed by atoms with Crippen molar-refractivity contribution in [3.63, 3.8) is 0 Å². The van der Waals surface area contributed by atoms with Crippen LogP contribution in [-0.2, 0) is 11.2 Å². The molecule has 0 radical (unpaired) electrons. The number of hydrogen-bond donors (Lipinski definition) is 0. The van der Waals surface area contributed by atoms with Crippen molar-refractivity contribution < 1.29 is 9.72 Å². The fourth-order valence-electron chi connectivity index (χ4n) is 3.44. The van der Waals surface area contributed by atoms with Gasteiger partial charge in [0.1, 0.15) is 0 Å². The molecule has 5 nitrogen and oxygen atoms in total. The number of nitro groups is 1. The van der Waals surface area contributed by atoms with Crippen LogP contribution >= 0.6 is 34.4 Å². The number of non-ortho nitro benzene ring substituents is 1. The molecular formula is C20H18N2O3S3. The molecule has 1 aliphatic rings. The number of nitro benzene ring substituents is 1. The Morgan fingerprint density at radius 2 is 2.00 bits per heavy atom. The molecule has 28 heavy (non-hydrogen) atoms. The zero-order chi connectivity index (χ0) is 19.7. The monoisotopic (exact) mass is 430 g/mol. The molecule has 3 aromatic rings. The van der Waals surface area contributed by atoms with Crippen LogP contribution in [0.5, 0.6) is 0 Å². The number of hydrogen-bond acceptors (Lipinski definition) is 6. The first-order valence-corrected chi connectivity index (χ1v) is 11.5. The highest BCUT2D eigenvalue weighted by Gasteiger charge is 2.35. The third kappa shape index (κ3) is 3.72. The van der Waals surface area contributed by atoms with E-state index in [2.05, 4.69) is 17.5 Å². The molecule has 4 rings (SSSR count). The van der Waals surface area contributed by atoms with E-state index in [1.807, 2.05) is 23.3 Å². The number of benzene rings is 1. The lowest BCUT2D eigenvalue weighted by atomic mass is 9.98. The molecule has 0 fully saturated rings. The summed E-state index contributed by atoms with van der Waals surface area (Å²) in [6.07, 6.45) is 0.884. The highest BCUT2D eigenvalue weighted by molar-refractivity contribution is 8.00. The topological polar surface area (TPSA) is 63.5 Å². The van der Waals surface area contributed by atoms with Gasteiger partial charge < -0.3 is 4.90 Å². The summed E-state index contributed by atoms with van der Waals surface area (Å²) in [5.74, 6) is 0.0959. The lowest BCUT2D eigenvalue weighted by Gasteiger charge is -2.37. The van der Waals surface area contributed by atoms with Crippen LogP contribution in [0.15, 0.2) is 58.1 Å². The van der Waals surface area contributed by atoms with Gasteiger partial charge in [0.25, 0.3) is 5.69 Å². The molecule has 1 amide bonds. The molecule has 0 spiro atoms. The Balaban J connectivity index is 1.55. The van der Waals surface area contributed by atoms with Crippen molar-refractivity contribution >= 4 is 46.0 Å². The summed E-state index contributed by atoms with van der Waals surface area (Å²) in [5.41, 5.74) is 1.29. The molecular weight excluding hydrogens is 412 g/mol. The highest BCUT2D eigenvalue weighted by Crippen LogP contribution is 2.40. The normalized spacial score (nSPS) is 17.2. The molecule has 3 heterocycles. The van der Waals surface area contributed by atoms with Crippen LogP contribution in [0.1, 0.15) is 28.3 Å². The van der Waals surface area contributed by atoms with E-state index in [1.165, 1.54) is 39.2 Å². The molecule has 1 aliphatic heterocycles. The Hall–Kier alpha value is -2.16. The number of nitrogens with zero attached hydrogens (tertiary/aromatic N) is 2. The predicted molar refractivity (Wildman–Crippen MR) is 114 cm³/mol. The minimum Gasteiger partial charge on any atom is -0.329 e. The lowest BCUT2D eigenvalue weighted by molar-refractivity contribution is -0.384. The van der Waals surface area contributed by atoms with Gasteiger partial charge in [0.05, 0.1) is 16.2 Å². The van der Waals surface area contributed by atoms with Gasteiger partial charge in [0, 0.05) is 33.3 Å². The number of fused-ring (bicyclic) bond motifs is 1. The summed E-state index contributed by atoms with van der Waals surface area (Å²) in [5, 5.41) is 14.7. The number of rotatable bonds is 5. The Bertz CT molecular complexity index is 983. The number of thioether (sulfide) groups is 1. The second-order valence-electron chi connectivity index (χ2n) is 6.51. The third-order valence-corrected chi connectivity index (χ3v) is 7.79. The van der Waals surface area contributed by atoms with Crippen LogP contribution < -0.4 is 0 Å². The van der Waals surface area contributed by atoms with Gasteiger partial charge >= 0.3 is 0 Å². The van der Waals surface area contributed by atoms with Crippen molar-refractivity contribution in [2.24, 2.45) is 0 Å². The molecule has 2 unspecified atom stereocenters. The average molecular weight is 431 g/mol. The molecule has 0 saturated carbocycles. The zero-order valence-corrected chi connectivity index (χ0v) is 17.6. The Labute approximate surface area is 175 Å². The van der Waals surface area contributed by atoms with E-state index < -0.39 is 4.92 Å². The Morgan fingerprint density at radius 1 is 1.21 bits per heavy atom. The van der Waals surface area contributed by atoms with Crippen molar-refractivity contribution in [2.45, 2.75) is 29.5 Å². The lowest BCUT2D eigenvalue weighted by Crippen LogP contribution is -2.43. The highest BCUT2D eigenvalue weighted by atomic mass is 32.2. The minimum atomic E-state index is -0.416. The van der Waals surface area contributed by atoms with Gasteiger partial charge in [-0.25, -0.2) is 0 Å². The fourth-order valence-corrected chi connectivity index (χ4v) is 6.14. The predicted octanol–water partition coefficient (Wildman–Crippen LogP) is 5.37. The van der Waals surface area contributed by atoms with Crippen molar-refractivity contribution in [1.29, 1.82) is 0 Å². The summed E-state index contributed by atoms with van der Waals surface area (Å²) in [6, 6.07) is 12.6. The van der Waals surface area contributed by atoms with Crippen LogP contribution in [0.25, 0.3) is 0 Å². The summed E-state index contributed by atoms with van der Waals surface area (Å²) in [7, 11) is 0. The molecule has 0 bridgehead atoms. The molecule has 144 valence electrons. The largest absolute Gasteiger partial charge is 0.329 e. The maximum atomic E-state index is 13.3. The van der Waals surface area contributed by atoms with Gasteiger partial charge in [-0.15, -0.1) is 34.4 Å². The van der Waals surface area contributed by atoms with Crippen LogP contribution in [0, 0.1) is 10.1 Å². The molecule has 0 N–H and O–H groups in total. The summed E-state index contributed by atoms with van der Waals surface area (Å²) in [4.78, 5) is 29.1. The van der Waals surface area contributed by atoms with Crippen LogP contribution in [-0.4, -0.2) is 27.5 Å². The SMILES string of the molecule is CC(Sc1ccc([N+](=O)[O-])cc1)C(=O)N1CCc2sccc2C1c1cccs1. The molecule has 8 heteroatoms. The zero-order valence-electron chi connectivity index (χ0n) is 15.1. The van der Waals surface area contributed by atoms with E-state index in [0.29, 0.717) is 6.54 Å². The van der Waals surface area contributed by atoms with Gasteiger partial charge in [0.15, 0.2) is 0 Å². The Morgan fingerprint density at radius 3 is 2.68 bits per heavy atom. The van der Waals surface area contributed by atoms with Gasteiger partial charge in [-0.2, -0.15) is 0 Å². The molecule has 1 aromatic carbocycles. The first-order chi connectivity index (χ1) is 13.5. The maximum Gasteiger partial charge on any atom is 0.269 e. The molecule has 0 aliphatic carbocycles. The second-order valence-corrected chi connectivity index (χ2v) is 9.90. The second kappa shape index (κ2) is 8.06. The summed E-state index contributed by atoms with van der Waals surface area (Å²) >= 11 is 4.88. The smallest absolute Gasteiger partial charge is 0.269 e. The van der Waals surface area contributed by atoms with E-state index in [-0.39, 0.29) is 22.9 Å². The number of amides is 1. The minimum absolute atomic E-state index is 0.0255. The first-order valence-electron chi connectivity index (χ1n) is 8.86. The quantitative estimate of drug-likeness (QED) is 0.310. The molecule has 2 aromatic heterocycles. The van der Waals surface area contributed by atoms with E-state index in [9.17, 15) is 14.9 Å². The van der Waals surface area contributed by atoms with Crippen molar-refractivity contribution in [2.75, 3.05) is 6.54 Å². The maximum absolute atomic E-state index is 13.3. The third-order valence-electron chi connectivity index (χ3n) is 4.77.